The molecule has 0 aliphatic carbocycles. The second-order valence-corrected chi connectivity index (χ2v) is 5.15. The van der Waals surface area contributed by atoms with Gasteiger partial charge in [-0.25, -0.2) is 14.4 Å². The molecular formula is C19H23NO8. The topological polar surface area (TPSA) is 101 Å². The summed E-state index contributed by atoms with van der Waals surface area (Å²) in [7, 11) is 4.31. The molecule has 0 fully saturated rings. The van der Waals surface area contributed by atoms with E-state index in [0.29, 0.717) is 22.9 Å². The van der Waals surface area contributed by atoms with E-state index in [1.807, 2.05) is 0 Å². The summed E-state index contributed by atoms with van der Waals surface area (Å²) in [5, 5.41) is 0. The van der Waals surface area contributed by atoms with E-state index in [4.69, 9.17) is 23.7 Å². The average Bonchev–Trinajstić information content (AvgIpc) is 2.71. The molecule has 0 saturated carbocycles. The van der Waals surface area contributed by atoms with Gasteiger partial charge in [-0.3, -0.25) is 4.90 Å². The number of ether oxygens (including phenoxy) is 5. The summed E-state index contributed by atoms with van der Waals surface area (Å²) < 4.78 is 25.4. The van der Waals surface area contributed by atoms with Gasteiger partial charge in [-0.05, 0) is 6.42 Å². The lowest BCUT2D eigenvalue weighted by Gasteiger charge is -2.23. The van der Waals surface area contributed by atoms with Crippen molar-refractivity contribution in [2.45, 2.75) is 6.42 Å². The zero-order chi connectivity index (χ0) is 21.1. The fraction of sp³-hybridized carbons (Fsp3) is 0.316. The Morgan fingerprint density at radius 2 is 1.54 bits per heavy atom. The van der Waals surface area contributed by atoms with Gasteiger partial charge in [-0.2, -0.15) is 0 Å². The number of methoxy groups -OCH3 is 3. The second kappa shape index (κ2) is 11.3. The summed E-state index contributed by atoms with van der Waals surface area (Å²) in [6, 6.07) is 3.05. The lowest BCUT2D eigenvalue weighted by Crippen LogP contribution is -2.34. The van der Waals surface area contributed by atoms with Gasteiger partial charge < -0.3 is 23.7 Å². The molecule has 0 aliphatic rings. The van der Waals surface area contributed by atoms with Crippen LogP contribution in [0.1, 0.15) is 6.42 Å². The highest BCUT2D eigenvalue weighted by molar-refractivity contribution is 5.98. The molecule has 9 heteroatoms. The third-order valence-electron chi connectivity index (χ3n) is 3.47. The normalized spacial score (nSPS) is 9.68. The highest BCUT2D eigenvalue weighted by Gasteiger charge is 2.23. The minimum atomic E-state index is -0.936. The van der Waals surface area contributed by atoms with Crippen molar-refractivity contribution >= 4 is 23.7 Å². The molecule has 0 heterocycles. The molecule has 1 amide bonds. The minimum absolute atomic E-state index is 0.0362. The van der Waals surface area contributed by atoms with Crippen LogP contribution in [-0.2, 0) is 19.1 Å². The van der Waals surface area contributed by atoms with Gasteiger partial charge in [0, 0.05) is 30.8 Å². The Morgan fingerprint density at radius 3 is 2.00 bits per heavy atom. The van der Waals surface area contributed by atoms with Gasteiger partial charge in [0.25, 0.3) is 0 Å². The molecule has 0 atom stereocenters. The van der Waals surface area contributed by atoms with Crippen molar-refractivity contribution in [3.8, 4) is 17.2 Å². The Morgan fingerprint density at radius 1 is 0.964 bits per heavy atom. The summed E-state index contributed by atoms with van der Waals surface area (Å²) in [4.78, 5) is 36.2. The summed E-state index contributed by atoms with van der Waals surface area (Å²) in [5.74, 6) is -0.529. The zero-order valence-corrected chi connectivity index (χ0v) is 16.1. The SMILES string of the molecule is C=CC(=O)OCCCN(C(=O)OC(=O)C=C)c1cc(OC)c(OC)c(OC)c1. The predicted molar refractivity (Wildman–Crippen MR) is 101 cm³/mol. The summed E-state index contributed by atoms with van der Waals surface area (Å²) in [5.41, 5.74) is 0.325. The minimum Gasteiger partial charge on any atom is -0.493 e. The van der Waals surface area contributed by atoms with Crippen molar-refractivity contribution in [2.24, 2.45) is 0 Å². The molecule has 152 valence electrons. The van der Waals surface area contributed by atoms with E-state index in [-0.39, 0.29) is 19.6 Å². The van der Waals surface area contributed by atoms with Gasteiger partial charge in [-0.15, -0.1) is 0 Å². The number of rotatable bonds is 10. The van der Waals surface area contributed by atoms with Crippen LogP contribution in [0.15, 0.2) is 37.4 Å². The van der Waals surface area contributed by atoms with Crippen LogP contribution in [0.2, 0.25) is 0 Å². The largest absolute Gasteiger partial charge is 0.493 e. The standard InChI is InChI=1S/C19H23NO8/c1-6-16(21)27-10-8-9-20(19(23)28-17(22)7-2)13-11-14(24-3)18(26-5)15(12-13)25-4/h6-7,11-12H,1-2,8-10H2,3-5H3. The van der Waals surface area contributed by atoms with Gasteiger partial charge >= 0.3 is 18.0 Å². The number of esters is 2. The Kier molecular flexibility index (Phi) is 9.08. The predicted octanol–water partition coefficient (Wildman–Crippen LogP) is 2.49. The third kappa shape index (κ3) is 6.04. The second-order valence-electron chi connectivity index (χ2n) is 5.15. The molecule has 0 spiro atoms. The fourth-order valence-corrected chi connectivity index (χ4v) is 2.19. The maximum absolute atomic E-state index is 12.4. The van der Waals surface area contributed by atoms with E-state index in [0.717, 1.165) is 12.2 Å². The number of amides is 1. The molecule has 0 unspecified atom stereocenters. The number of hydrogen-bond donors (Lipinski definition) is 0. The molecule has 0 saturated heterocycles. The highest BCUT2D eigenvalue weighted by Crippen LogP contribution is 2.41. The maximum Gasteiger partial charge on any atom is 0.422 e. The van der Waals surface area contributed by atoms with Gasteiger partial charge in [0.05, 0.1) is 33.6 Å². The van der Waals surface area contributed by atoms with E-state index >= 15 is 0 Å². The van der Waals surface area contributed by atoms with Crippen LogP contribution >= 0.6 is 0 Å². The molecule has 0 N–H and O–H groups in total. The van der Waals surface area contributed by atoms with Crippen LogP contribution in [0.3, 0.4) is 0 Å². The Labute approximate surface area is 163 Å². The van der Waals surface area contributed by atoms with E-state index in [2.05, 4.69) is 13.2 Å². The average molecular weight is 393 g/mol. The Balaban J connectivity index is 3.16. The van der Waals surface area contributed by atoms with Crippen LogP contribution in [0.25, 0.3) is 0 Å². The van der Waals surface area contributed by atoms with E-state index in [1.165, 1.54) is 38.4 Å². The number of hydrogen-bond acceptors (Lipinski definition) is 8. The van der Waals surface area contributed by atoms with E-state index in [9.17, 15) is 14.4 Å². The molecule has 1 aromatic rings. The summed E-state index contributed by atoms with van der Waals surface area (Å²) in [6.07, 6.45) is 1.24. The van der Waals surface area contributed by atoms with Crippen molar-refractivity contribution < 1.29 is 38.1 Å². The molecule has 0 aliphatic heterocycles. The monoisotopic (exact) mass is 393 g/mol. The molecule has 0 bridgehead atoms. The van der Waals surface area contributed by atoms with Crippen LogP contribution < -0.4 is 19.1 Å². The van der Waals surface area contributed by atoms with Gasteiger partial charge in [-0.1, -0.05) is 13.2 Å². The Hall–Kier alpha value is -3.49. The summed E-state index contributed by atoms with van der Waals surface area (Å²) >= 11 is 0. The van der Waals surface area contributed by atoms with E-state index < -0.39 is 18.0 Å². The first-order chi connectivity index (χ1) is 13.4. The zero-order valence-electron chi connectivity index (χ0n) is 16.1. The van der Waals surface area contributed by atoms with Crippen LogP contribution in [-0.4, -0.2) is 52.5 Å². The van der Waals surface area contributed by atoms with Gasteiger partial charge in [0.15, 0.2) is 11.5 Å². The van der Waals surface area contributed by atoms with Crippen molar-refractivity contribution in [1.82, 2.24) is 0 Å². The molecular weight excluding hydrogens is 370 g/mol. The quantitative estimate of drug-likeness (QED) is 0.259. The number of benzene rings is 1. The molecule has 1 rings (SSSR count). The molecule has 0 aromatic heterocycles. The molecule has 9 nitrogen and oxygen atoms in total. The lowest BCUT2D eigenvalue weighted by molar-refractivity contribution is -0.137. The van der Waals surface area contributed by atoms with E-state index in [1.54, 1.807) is 0 Å². The molecule has 1 aromatic carbocycles. The van der Waals surface area contributed by atoms with Gasteiger partial charge in [0.2, 0.25) is 5.75 Å². The van der Waals surface area contributed by atoms with Crippen LogP contribution in [0.5, 0.6) is 17.2 Å². The Bertz CT molecular complexity index is 718. The third-order valence-corrected chi connectivity index (χ3v) is 3.47. The first kappa shape index (κ1) is 22.6. The van der Waals surface area contributed by atoms with Crippen LogP contribution in [0, 0.1) is 0 Å². The number of nitrogens with zero attached hydrogens (tertiary/aromatic N) is 1. The smallest absolute Gasteiger partial charge is 0.422 e. The van der Waals surface area contributed by atoms with Crippen LogP contribution in [0.4, 0.5) is 10.5 Å². The number of anilines is 1. The first-order valence-corrected chi connectivity index (χ1v) is 8.16. The fourth-order valence-electron chi connectivity index (χ4n) is 2.19. The van der Waals surface area contributed by atoms with Crippen molar-refractivity contribution in [3.63, 3.8) is 0 Å². The molecule has 0 radical (unpaired) electrons. The van der Waals surface area contributed by atoms with Crippen molar-refractivity contribution in [1.29, 1.82) is 0 Å². The highest BCUT2D eigenvalue weighted by atomic mass is 16.6. The summed E-state index contributed by atoms with van der Waals surface area (Å²) in [6.45, 7) is 6.67. The molecule has 28 heavy (non-hydrogen) atoms. The van der Waals surface area contributed by atoms with Gasteiger partial charge in [0.1, 0.15) is 0 Å². The number of carbonyl (C=O) groups is 3. The van der Waals surface area contributed by atoms with Crippen molar-refractivity contribution in [2.75, 3.05) is 39.4 Å². The van der Waals surface area contributed by atoms with Crippen molar-refractivity contribution in [3.05, 3.63) is 37.4 Å². The maximum atomic E-state index is 12.4. The first-order valence-electron chi connectivity index (χ1n) is 8.16. The lowest BCUT2D eigenvalue weighted by atomic mass is 10.2. The number of carbonyl (C=O) groups excluding carboxylic acids is 3.